The van der Waals surface area contributed by atoms with E-state index in [2.05, 4.69) is 44.4 Å². The number of aromatic nitrogens is 2. The van der Waals surface area contributed by atoms with Crippen LogP contribution in [0.1, 0.15) is 31.7 Å². The van der Waals surface area contributed by atoms with Gasteiger partial charge in [0.15, 0.2) is 0 Å². The van der Waals surface area contributed by atoms with Crippen LogP contribution in [0.5, 0.6) is 0 Å². The lowest BCUT2D eigenvalue weighted by Gasteiger charge is -2.38. The standard InChI is InChI=1S/C19H16BrN3S/c1-19(6-2-7-19)24-18-5-8-22-11-15(18)16-4-3-13(10-21)17-9-14(20)12-23(16)17/h3-5,8-9,11-12H,2,6-7H2,1H3. The number of fused-ring (bicyclic) bond motifs is 1. The lowest BCUT2D eigenvalue weighted by Crippen LogP contribution is -2.28. The maximum absolute atomic E-state index is 9.36. The van der Waals surface area contributed by atoms with E-state index in [1.165, 1.54) is 24.2 Å². The van der Waals surface area contributed by atoms with Gasteiger partial charge in [-0.25, -0.2) is 0 Å². The molecule has 0 atom stereocenters. The molecule has 24 heavy (non-hydrogen) atoms. The van der Waals surface area contributed by atoms with Gasteiger partial charge in [-0.3, -0.25) is 4.98 Å². The molecule has 0 bridgehead atoms. The quantitative estimate of drug-likeness (QED) is 0.571. The highest BCUT2D eigenvalue weighted by Crippen LogP contribution is 2.49. The number of halogens is 1. The van der Waals surface area contributed by atoms with Gasteiger partial charge in [0.1, 0.15) is 6.07 Å². The van der Waals surface area contributed by atoms with Crippen molar-refractivity contribution in [1.82, 2.24) is 9.38 Å². The zero-order chi connectivity index (χ0) is 16.7. The van der Waals surface area contributed by atoms with E-state index in [1.54, 1.807) is 0 Å². The average molecular weight is 398 g/mol. The molecule has 1 fully saturated rings. The van der Waals surface area contributed by atoms with E-state index in [0.717, 1.165) is 21.2 Å². The zero-order valence-corrected chi connectivity index (χ0v) is 15.7. The molecular weight excluding hydrogens is 382 g/mol. The van der Waals surface area contributed by atoms with Crippen molar-refractivity contribution >= 4 is 33.2 Å². The summed E-state index contributed by atoms with van der Waals surface area (Å²) in [6.07, 6.45) is 9.64. The van der Waals surface area contributed by atoms with Crippen LogP contribution in [-0.2, 0) is 0 Å². The van der Waals surface area contributed by atoms with Crippen molar-refractivity contribution in [2.45, 2.75) is 35.8 Å². The molecule has 3 nitrogen and oxygen atoms in total. The Morgan fingerprint density at radius 3 is 2.88 bits per heavy atom. The van der Waals surface area contributed by atoms with E-state index in [9.17, 15) is 5.26 Å². The van der Waals surface area contributed by atoms with Gasteiger partial charge in [0.25, 0.3) is 0 Å². The van der Waals surface area contributed by atoms with E-state index in [-0.39, 0.29) is 0 Å². The normalized spacial score (nSPS) is 15.9. The van der Waals surface area contributed by atoms with Crippen LogP contribution in [0.4, 0.5) is 0 Å². The van der Waals surface area contributed by atoms with Crippen LogP contribution in [-0.4, -0.2) is 14.1 Å². The summed E-state index contributed by atoms with van der Waals surface area (Å²) in [7, 11) is 0. The summed E-state index contributed by atoms with van der Waals surface area (Å²) in [6, 6.07) is 10.3. The van der Waals surface area contributed by atoms with E-state index in [4.69, 9.17) is 0 Å². The molecule has 1 aliphatic carbocycles. The molecule has 1 aliphatic rings. The Kier molecular flexibility index (Phi) is 3.90. The largest absolute Gasteiger partial charge is 0.314 e. The van der Waals surface area contributed by atoms with Gasteiger partial charge >= 0.3 is 0 Å². The summed E-state index contributed by atoms with van der Waals surface area (Å²) in [5.41, 5.74) is 3.77. The molecule has 0 spiro atoms. The summed E-state index contributed by atoms with van der Waals surface area (Å²) in [5, 5.41) is 9.36. The van der Waals surface area contributed by atoms with Crippen LogP contribution in [0, 0.1) is 11.3 Å². The van der Waals surface area contributed by atoms with Gasteiger partial charge in [-0.1, -0.05) is 13.3 Å². The molecule has 0 amide bonds. The maximum atomic E-state index is 9.36. The molecular formula is C19H16BrN3S. The second kappa shape index (κ2) is 5.94. The number of thioether (sulfide) groups is 1. The van der Waals surface area contributed by atoms with Crippen LogP contribution in [0.3, 0.4) is 0 Å². The minimum atomic E-state index is 0.332. The Labute approximate surface area is 153 Å². The Morgan fingerprint density at radius 2 is 2.17 bits per heavy atom. The van der Waals surface area contributed by atoms with Crippen molar-refractivity contribution in [2.24, 2.45) is 0 Å². The monoisotopic (exact) mass is 397 g/mol. The maximum Gasteiger partial charge on any atom is 0.101 e. The molecule has 0 unspecified atom stereocenters. The van der Waals surface area contributed by atoms with Crippen LogP contribution in [0.2, 0.25) is 0 Å². The SMILES string of the molecule is CC1(Sc2ccncc2-c2ccc(C#N)c3cc(Br)cn23)CCC1. The van der Waals surface area contributed by atoms with Crippen molar-refractivity contribution in [3.8, 4) is 17.3 Å². The third-order valence-corrected chi connectivity index (χ3v) is 6.59. The second-order valence-corrected chi connectivity index (χ2v) is 8.98. The molecule has 0 aromatic carbocycles. The first-order chi connectivity index (χ1) is 11.6. The molecule has 0 N–H and O–H groups in total. The average Bonchev–Trinajstić information content (AvgIpc) is 2.94. The highest BCUT2D eigenvalue weighted by atomic mass is 79.9. The Balaban J connectivity index is 1.88. The summed E-state index contributed by atoms with van der Waals surface area (Å²) in [6.45, 7) is 2.34. The van der Waals surface area contributed by atoms with Crippen LogP contribution >= 0.6 is 27.7 Å². The Hall–Kier alpha value is -1.77. The van der Waals surface area contributed by atoms with E-state index >= 15 is 0 Å². The minimum absolute atomic E-state index is 0.332. The number of pyridine rings is 2. The summed E-state index contributed by atoms with van der Waals surface area (Å²) >= 11 is 5.48. The first kappa shape index (κ1) is 15.7. The fourth-order valence-corrected chi connectivity index (χ4v) is 5.03. The summed E-state index contributed by atoms with van der Waals surface area (Å²) in [4.78, 5) is 5.60. The number of hydrogen-bond acceptors (Lipinski definition) is 3. The van der Waals surface area contributed by atoms with E-state index in [1.807, 2.05) is 48.6 Å². The van der Waals surface area contributed by atoms with Gasteiger partial charge in [-0.05, 0) is 53.0 Å². The fraction of sp³-hybridized carbons (Fsp3) is 0.263. The first-order valence-corrected chi connectivity index (χ1v) is 9.55. The predicted octanol–water partition coefficient (Wildman–Crippen LogP) is 5.67. The van der Waals surface area contributed by atoms with E-state index in [0.29, 0.717) is 10.3 Å². The van der Waals surface area contributed by atoms with Crippen LogP contribution in [0.15, 0.2) is 52.2 Å². The molecule has 0 aliphatic heterocycles. The number of nitriles is 1. The highest BCUT2D eigenvalue weighted by Gasteiger charge is 2.33. The lowest BCUT2D eigenvalue weighted by molar-refractivity contribution is 0.392. The van der Waals surface area contributed by atoms with Crippen LogP contribution in [0.25, 0.3) is 16.8 Å². The molecule has 0 radical (unpaired) electrons. The number of hydrogen-bond donors (Lipinski definition) is 0. The summed E-state index contributed by atoms with van der Waals surface area (Å²) < 4.78 is 3.38. The molecule has 3 aromatic heterocycles. The molecule has 1 saturated carbocycles. The molecule has 0 saturated heterocycles. The Bertz CT molecular complexity index is 966. The molecule has 4 rings (SSSR count). The van der Waals surface area contributed by atoms with Gasteiger partial charge in [-0.15, -0.1) is 11.8 Å². The fourth-order valence-electron chi connectivity index (χ4n) is 3.18. The van der Waals surface area contributed by atoms with Gasteiger partial charge in [0, 0.05) is 38.3 Å². The first-order valence-electron chi connectivity index (χ1n) is 7.94. The van der Waals surface area contributed by atoms with Crippen molar-refractivity contribution in [1.29, 1.82) is 5.26 Å². The van der Waals surface area contributed by atoms with Crippen molar-refractivity contribution < 1.29 is 0 Å². The van der Waals surface area contributed by atoms with Crippen molar-refractivity contribution in [2.75, 3.05) is 0 Å². The van der Waals surface area contributed by atoms with E-state index < -0.39 is 0 Å². The molecule has 3 heterocycles. The van der Waals surface area contributed by atoms with Gasteiger partial charge < -0.3 is 4.40 Å². The van der Waals surface area contributed by atoms with Crippen LogP contribution < -0.4 is 0 Å². The zero-order valence-electron chi connectivity index (χ0n) is 13.3. The van der Waals surface area contributed by atoms with Crippen molar-refractivity contribution in [3.05, 3.63) is 52.9 Å². The third-order valence-electron chi connectivity index (χ3n) is 4.67. The molecule has 3 aromatic rings. The molecule has 120 valence electrons. The number of rotatable bonds is 3. The van der Waals surface area contributed by atoms with Gasteiger partial charge in [-0.2, -0.15) is 5.26 Å². The number of nitrogens with zero attached hydrogens (tertiary/aromatic N) is 3. The highest BCUT2D eigenvalue weighted by molar-refractivity contribution is 9.10. The lowest BCUT2D eigenvalue weighted by atomic mass is 9.86. The topological polar surface area (TPSA) is 41.1 Å². The van der Waals surface area contributed by atoms with Crippen molar-refractivity contribution in [3.63, 3.8) is 0 Å². The summed E-state index contributed by atoms with van der Waals surface area (Å²) in [5.74, 6) is 0. The minimum Gasteiger partial charge on any atom is -0.314 e. The molecule has 5 heteroatoms. The Morgan fingerprint density at radius 1 is 1.33 bits per heavy atom. The third kappa shape index (κ3) is 2.64. The van der Waals surface area contributed by atoms with Gasteiger partial charge in [0.2, 0.25) is 0 Å². The second-order valence-electron chi connectivity index (χ2n) is 6.43. The smallest absolute Gasteiger partial charge is 0.101 e. The predicted molar refractivity (Wildman–Crippen MR) is 101 cm³/mol. The van der Waals surface area contributed by atoms with Gasteiger partial charge in [0.05, 0.1) is 16.8 Å².